The number of aromatic nitrogens is 5. The second-order valence-corrected chi connectivity index (χ2v) is 6.97. The van der Waals surface area contributed by atoms with Crippen LogP contribution >= 0.6 is 0 Å². The van der Waals surface area contributed by atoms with Crippen molar-refractivity contribution in [2.75, 3.05) is 0 Å². The van der Waals surface area contributed by atoms with Gasteiger partial charge in [-0.15, -0.1) is 0 Å². The van der Waals surface area contributed by atoms with Crippen LogP contribution in [0.2, 0.25) is 0 Å². The van der Waals surface area contributed by atoms with E-state index in [0.717, 1.165) is 44.0 Å². The molecule has 0 aliphatic rings. The second kappa shape index (κ2) is 5.97. The second-order valence-electron chi connectivity index (χ2n) is 6.97. The number of H-pyrrole nitrogens is 2. The number of pyridine rings is 3. The minimum atomic E-state index is -0.357. The molecule has 0 spiro atoms. The number of rotatable bonds is 2. The summed E-state index contributed by atoms with van der Waals surface area (Å²) in [5, 5.41) is 2.71. The standard InChI is InChI=1S/C23H14FN5/c24-17-11-28-23-22(21(17)14-4-3-13-5-7-26-18(13)8-14)16-9-19(27-12-20(16)29-23)15-2-1-6-25-10-15/h1-12,26H,(H,28,29). The molecule has 0 aliphatic carbocycles. The molecule has 2 N–H and O–H groups in total. The van der Waals surface area contributed by atoms with Gasteiger partial charge in [-0.05, 0) is 41.3 Å². The van der Waals surface area contributed by atoms with Gasteiger partial charge in [0.25, 0.3) is 0 Å². The van der Waals surface area contributed by atoms with Crippen molar-refractivity contribution in [2.45, 2.75) is 0 Å². The van der Waals surface area contributed by atoms with Crippen LogP contribution in [-0.2, 0) is 0 Å². The van der Waals surface area contributed by atoms with E-state index in [1.165, 1.54) is 6.20 Å². The van der Waals surface area contributed by atoms with E-state index in [4.69, 9.17) is 0 Å². The molecule has 6 rings (SSSR count). The van der Waals surface area contributed by atoms with E-state index in [2.05, 4.69) is 24.9 Å². The average molecular weight is 379 g/mol. The summed E-state index contributed by atoms with van der Waals surface area (Å²) in [4.78, 5) is 19.4. The van der Waals surface area contributed by atoms with Crippen LogP contribution in [-0.4, -0.2) is 24.9 Å². The molecule has 0 saturated heterocycles. The summed E-state index contributed by atoms with van der Waals surface area (Å²) in [6.07, 6.45) is 8.39. The van der Waals surface area contributed by atoms with Crippen LogP contribution in [0.4, 0.5) is 4.39 Å². The SMILES string of the molecule is Fc1cnc2[nH]c3cnc(-c4cccnc4)cc3c2c1-c1ccc2cc[nH]c2c1. The van der Waals surface area contributed by atoms with Gasteiger partial charge in [0.2, 0.25) is 0 Å². The Bertz CT molecular complexity index is 1510. The average Bonchev–Trinajstić information content (AvgIpc) is 3.38. The quantitative estimate of drug-likeness (QED) is 0.420. The first kappa shape index (κ1) is 15.9. The van der Waals surface area contributed by atoms with Gasteiger partial charge < -0.3 is 9.97 Å². The highest BCUT2D eigenvalue weighted by molar-refractivity contribution is 6.13. The van der Waals surface area contributed by atoms with Crippen molar-refractivity contribution in [3.8, 4) is 22.4 Å². The molecule has 0 radical (unpaired) electrons. The summed E-state index contributed by atoms with van der Waals surface area (Å²) in [6.45, 7) is 0. The lowest BCUT2D eigenvalue weighted by atomic mass is 9.99. The summed E-state index contributed by atoms with van der Waals surface area (Å²) in [5.74, 6) is -0.357. The molecule has 5 aromatic heterocycles. The van der Waals surface area contributed by atoms with E-state index in [0.29, 0.717) is 11.2 Å². The van der Waals surface area contributed by atoms with Crippen molar-refractivity contribution in [2.24, 2.45) is 0 Å². The summed E-state index contributed by atoms with van der Waals surface area (Å²) in [5.41, 5.74) is 5.42. The molecule has 5 nitrogen and oxygen atoms in total. The Morgan fingerprint density at radius 1 is 0.862 bits per heavy atom. The Labute approximate surface area is 164 Å². The molecule has 0 atom stereocenters. The van der Waals surface area contributed by atoms with E-state index in [1.54, 1.807) is 18.6 Å². The van der Waals surface area contributed by atoms with E-state index in [-0.39, 0.29) is 5.82 Å². The lowest BCUT2D eigenvalue weighted by Crippen LogP contribution is -1.89. The van der Waals surface area contributed by atoms with Gasteiger partial charge in [-0.25, -0.2) is 9.37 Å². The van der Waals surface area contributed by atoms with Crippen molar-refractivity contribution in [3.63, 3.8) is 0 Å². The molecule has 0 unspecified atom stereocenters. The molecule has 138 valence electrons. The van der Waals surface area contributed by atoms with Crippen LogP contribution < -0.4 is 0 Å². The first-order chi connectivity index (χ1) is 14.3. The molecule has 0 amide bonds. The van der Waals surface area contributed by atoms with Crippen LogP contribution in [0, 0.1) is 5.82 Å². The summed E-state index contributed by atoms with van der Waals surface area (Å²) in [6, 6.07) is 13.7. The maximum Gasteiger partial charge on any atom is 0.150 e. The van der Waals surface area contributed by atoms with Gasteiger partial charge in [-0.1, -0.05) is 12.1 Å². The van der Waals surface area contributed by atoms with Crippen molar-refractivity contribution in [1.82, 2.24) is 24.9 Å². The number of nitrogens with zero attached hydrogens (tertiary/aromatic N) is 3. The van der Waals surface area contributed by atoms with Gasteiger partial charge in [0.15, 0.2) is 0 Å². The number of aromatic amines is 2. The number of nitrogens with one attached hydrogen (secondary N) is 2. The van der Waals surface area contributed by atoms with E-state index >= 15 is 4.39 Å². The lowest BCUT2D eigenvalue weighted by Gasteiger charge is -2.07. The highest BCUT2D eigenvalue weighted by Gasteiger charge is 2.17. The summed E-state index contributed by atoms with van der Waals surface area (Å²) >= 11 is 0. The van der Waals surface area contributed by atoms with Crippen LogP contribution in [0.5, 0.6) is 0 Å². The number of benzene rings is 1. The zero-order valence-corrected chi connectivity index (χ0v) is 15.1. The molecule has 0 bridgehead atoms. The van der Waals surface area contributed by atoms with Crippen molar-refractivity contribution in [1.29, 1.82) is 0 Å². The van der Waals surface area contributed by atoms with Gasteiger partial charge in [0, 0.05) is 46.0 Å². The highest BCUT2D eigenvalue weighted by atomic mass is 19.1. The molecular formula is C23H14FN5. The number of fused-ring (bicyclic) bond motifs is 4. The van der Waals surface area contributed by atoms with Gasteiger partial charge >= 0.3 is 0 Å². The van der Waals surface area contributed by atoms with Crippen LogP contribution in [0.25, 0.3) is 55.2 Å². The fourth-order valence-corrected chi connectivity index (χ4v) is 3.89. The van der Waals surface area contributed by atoms with Gasteiger partial charge in [0.1, 0.15) is 11.5 Å². The molecular weight excluding hydrogens is 365 g/mol. The molecule has 5 heterocycles. The predicted molar refractivity (Wildman–Crippen MR) is 112 cm³/mol. The fourth-order valence-electron chi connectivity index (χ4n) is 3.89. The normalized spacial score (nSPS) is 11.6. The molecule has 0 saturated carbocycles. The monoisotopic (exact) mass is 379 g/mol. The third-order valence-electron chi connectivity index (χ3n) is 5.26. The maximum atomic E-state index is 15.0. The van der Waals surface area contributed by atoms with Gasteiger partial charge in [0.05, 0.1) is 23.6 Å². The Hall–Kier alpha value is -4.06. The molecule has 6 aromatic rings. The number of halogens is 1. The smallest absolute Gasteiger partial charge is 0.150 e. The number of hydrogen-bond acceptors (Lipinski definition) is 3. The first-order valence-corrected chi connectivity index (χ1v) is 9.22. The molecule has 6 heteroatoms. The lowest BCUT2D eigenvalue weighted by molar-refractivity contribution is 0.627. The van der Waals surface area contributed by atoms with E-state index < -0.39 is 0 Å². The van der Waals surface area contributed by atoms with Crippen molar-refractivity contribution < 1.29 is 4.39 Å². The topological polar surface area (TPSA) is 70.2 Å². The fraction of sp³-hybridized carbons (Fsp3) is 0. The Morgan fingerprint density at radius 3 is 2.72 bits per heavy atom. The summed E-state index contributed by atoms with van der Waals surface area (Å²) < 4.78 is 15.0. The maximum absolute atomic E-state index is 15.0. The molecule has 29 heavy (non-hydrogen) atoms. The summed E-state index contributed by atoms with van der Waals surface area (Å²) in [7, 11) is 0. The zero-order chi connectivity index (χ0) is 19.4. The number of hydrogen-bond donors (Lipinski definition) is 2. The molecule has 0 aliphatic heterocycles. The minimum Gasteiger partial charge on any atom is -0.361 e. The Balaban J connectivity index is 1.68. The Kier molecular flexibility index (Phi) is 3.28. The molecule has 1 aromatic carbocycles. The Morgan fingerprint density at radius 2 is 1.83 bits per heavy atom. The largest absolute Gasteiger partial charge is 0.361 e. The van der Waals surface area contributed by atoms with Crippen LogP contribution in [0.15, 0.2) is 73.4 Å². The van der Waals surface area contributed by atoms with Crippen LogP contribution in [0.3, 0.4) is 0 Å². The third kappa shape index (κ3) is 2.42. The van der Waals surface area contributed by atoms with Crippen molar-refractivity contribution in [3.05, 3.63) is 79.3 Å². The van der Waals surface area contributed by atoms with Gasteiger partial charge in [-0.2, -0.15) is 0 Å². The first-order valence-electron chi connectivity index (χ1n) is 9.22. The van der Waals surface area contributed by atoms with E-state index in [1.807, 2.05) is 48.7 Å². The zero-order valence-electron chi connectivity index (χ0n) is 15.1. The highest BCUT2D eigenvalue weighted by Crippen LogP contribution is 2.37. The van der Waals surface area contributed by atoms with E-state index in [9.17, 15) is 0 Å². The third-order valence-corrected chi connectivity index (χ3v) is 5.26. The van der Waals surface area contributed by atoms with Crippen LogP contribution in [0.1, 0.15) is 0 Å². The molecule has 0 fully saturated rings. The van der Waals surface area contributed by atoms with Gasteiger partial charge in [-0.3, -0.25) is 9.97 Å². The van der Waals surface area contributed by atoms with Crippen molar-refractivity contribution >= 4 is 32.8 Å². The predicted octanol–water partition coefficient (Wildman–Crippen LogP) is 5.46. The minimum absolute atomic E-state index is 0.357.